The molecule has 2 atom stereocenters. The molecule has 0 aromatic heterocycles. The number of aliphatic carboxylic acids is 8. The van der Waals surface area contributed by atoms with Gasteiger partial charge in [-0.25, -0.2) is 0 Å². The van der Waals surface area contributed by atoms with Gasteiger partial charge in [0, 0.05) is 49.6 Å². The topological polar surface area (TPSA) is 410 Å². The molecule has 6 N–H and O–H groups in total. The van der Waals surface area contributed by atoms with E-state index >= 15 is 0 Å². The Balaban J connectivity index is -0.000000108. The third kappa shape index (κ3) is 44.1. The Morgan fingerprint density at radius 3 is 1.05 bits per heavy atom. The number of carbonyl (C=O) groups is 10. The van der Waals surface area contributed by atoms with Crippen molar-refractivity contribution in [1.82, 2.24) is 0 Å². The minimum Gasteiger partial charge on any atom is -0.550 e. The van der Waals surface area contributed by atoms with E-state index in [-0.39, 0.29) is 66.2 Å². The summed E-state index contributed by atoms with van der Waals surface area (Å²) in [6.45, 7) is 0. The number of carbonyl (C=O) groups excluding carboxylic acids is 10. The Hall–Kier alpha value is -4.98. The van der Waals surface area contributed by atoms with Crippen LogP contribution in [0, 0.1) is 0 Å². The van der Waals surface area contributed by atoms with Crippen LogP contribution in [0.4, 0.5) is 0 Å². The van der Waals surface area contributed by atoms with Crippen LogP contribution in [0.2, 0.25) is 0 Å². The van der Waals surface area contributed by atoms with Gasteiger partial charge in [0.25, 0.3) is 0 Å². The first-order valence-electron chi connectivity index (χ1n) is 11.5. The van der Waals surface area contributed by atoms with E-state index in [2.05, 4.69) is 11.5 Å². The Morgan fingerprint density at radius 1 is 0.409 bits per heavy atom. The first kappa shape index (κ1) is 51.7. The fraction of sp³-hybridized carbons (Fsp3) is 0.583. The van der Waals surface area contributed by atoms with E-state index in [4.69, 9.17) is 0 Å². The van der Waals surface area contributed by atoms with Crippen LogP contribution >= 0.6 is 0 Å². The van der Waals surface area contributed by atoms with Gasteiger partial charge in [0.05, 0.1) is 11.9 Å². The van der Waals surface area contributed by atoms with Gasteiger partial charge in [-0.1, -0.05) is 14.9 Å². The predicted octanol–water partition coefficient (Wildman–Crippen LogP) is -12.5. The highest BCUT2D eigenvalue weighted by Crippen LogP contribution is 1.96. The van der Waals surface area contributed by atoms with Crippen LogP contribution in [0.15, 0.2) is 0 Å². The second kappa shape index (κ2) is 31.0. The molecule has 0 amide bonds. The zero-order valence-electron chi connectivity index (χ0n) is 22.0. The number of Topliss-reactive ketones (excluding diaryl/α,β-unsaturated/α-hetero) is 2. The Labute approximate surface area is 251 Å². The van der Waals surface area contributed by atoms with Gasteiger partial charge in [-0.15, -0.1) is 0 Å². The van der Waals surface area contributed by atoms with Crippen molar-refractivity contribution < 1.29 is 100 Å². The summed E-state index contributed by atoms with van der Waals surface area (Å²) in [4.78, 5) is 98.7. The number of carboxylic acid groups (broad SMARTS) is 8. The summed E-state index contributed by atoms with van der Waals surface area (Å²) in [5.41, 5.74) is 6.42. The third-order valence-corrected chi connectivity index (χ3v) is 4.09. The molecular formula is C24H36N2O18-6. The molecule has 0 aromatic rings. The van der Waals surface area contributed by atoms with E-state index in [1.165, 1.54) is 0 Å². The molecule has 0 rings (SSSR count). The molecular weight excluding hydrogens is 604 g/mol. The van der Waals surface area contributed by atoms with Crippen molar-refractivity contribution in [2.75, 3.05) is 0 Å². The third-order valence-electron chi connectivity index (χ3n) is 4.09. The zero-order valence-corrected chi connectivity index (χ0v) is 22.0. The Morgan fingerprint density at radius 2 is 0.727 bits per heavy atom. The lowest BCUT2D eigenvalue weighted by molar-refractivity contribution is -0.438. The van der Waals surface area contributed by atoms with E-state index in [1.807, 2.05) is 0 Å². The van der Waals surface area contributed by atoms with Crippen LogP contribution in [0.5, 0.6) is 0 Å². The predicted molar refractivity (Wildman–Crippen MR) is 123 cm³/mol. The molecule has 20 nitrogen and oxygen atoms in total. The molecule has 20 heteroatoms. The molecule has 1 unspecified atom stereocenters. The SMILES string of the molecule is C.C.O=C([O-])CCC(=O)C(=O)[O-].O=C([O-])CCCC(=O)C(=O)[O-].[NH3+]C(CCC(=O)[O-])C(=O)[O-].[NH3+][C@@H](CCCC(=O)[O-])C(=O)[O-]. The first-order valence-corrected chi connectivity index (χ1v) is 11.5. The van der Waals surface area contributed by atoms with Crippen LogP contribution < -0.4 is 52.3 Å². The molecule has 0 aliphatic carbocycles. The normalized spacial score (nSPS) is 10.2. The van der Waals surface area contributed by atoms with Gasteiger partial charge in [0.2, 0.25) is 0 Å². The summed E-state index contributed by atoms with van der Waals surface area (Å²) in [7, 11) is 0. The maximum atomic E-state index is 10.2. The van der Waals surface area contributed by atoms with Gasteiger partial charge in [0.15, 0.2) is 11.6 Å². The molecule has 0 aliphatic rings. The number of ketones is 2. The standard InChI is InChI=1S/C6H11NO4.C6H8O5.C5H9NO4.C5H6O5.2CH4/c2*7-4(6(10)11)2-1-3-5(8)9;2*6-3(5(9)10)1-2-4(7)8;;/h4H,1-3,7H2,(H,8,9)(H,10,11);1-3H2,(H,8,9)(H,10,11);3H,1-2,6H2,(H,7,8)(H,9,10);1-2H2,(H,7,8)(H,9,10);2*1H4/p-6/t4-;;;;;/m0...../s1. The number of rotatable bonds is 18. The van der Waals surface area contributed by atoms with Crippen molar-refractivity contribution in [2.45, 2.75) is 91.1 Å². The van der Waals surface area contributed by atoms with Crippen LogP contribution in [-0.2, 0) is 47.9 Å². The van der Waals surface area contributed by atoms with Crippen LogP contribution in [0.3, 0.4) is 0 Å². The molecule has 0 saturated heterocycles. The van der Waals surface area contributed by atoms with Crippen molar-refractivity contribution in [3.8, 4) is 0 Å². The number of quaternary nitrogens is 2. The van der Waals surface area contributed by atoms with Crippen LogP contribution in [0.25, 0.3) is 0 Å². The highest BCUT2D eigenvalue weighted by Gasteiger charge is 2.06. The van der Waals surface area contributed by atoms with Gasteiger partial charge >= 0.3 is 0 Å². The van der Waals surface area contributed by atoms with E-state index in [0.29, 0.717) is 0 Å². The van der Waals surface area contributed by atoms with Crippen molar-refractivity contribution in [1.29, 1.82) is 0 Å². The zero-order chi connectivity index (χ0) is 34.0. The molecule has 44 heavy (non-hydrogen) atoms. The lowest BCUT2D eigenvalue weighted by atomic mass is 10.1. The highest BCUT2D eigenvalue weighted by atomic mass is 16.4. The molecule has 0 fully saturated rings. The number of hydrogen-bond acceptors (Lipinski definition) is 18. The molecule has 256 valence electrons. The fourth-order valence-corrected chi connectivity index (χ4v) is 1.83. The van der Waals surface area contributed by atoms with E-state index < -0.39 is 84.2 Å². The van der Waals surface area contributed by atoms with Gasteiger partial charge in [0.1, 0.15) is 24.0 Å². The van der Waals surface area contributed by atoms with E-state index in [1.54, 1.807) is 0 Å². The summed E-state index contributed by atoms with van der Waals surface area (Å²) in [6.07, 6.45) is -1.74. The smallest absolute Gasteiger partial charge is 0.178 e. The quantitative estimate of drug-likeness (QED) is 0.131. The lowest BCUT2D eigenvalue weighted by Gasteiger charge is -2.08. The highest BCUT2D eigenvalue weighted by molar-refractivity contribution is 6.32. The largest absolute Gasteiger partial charge is 0.550 e. The molecule has 0 radical (unpaired) electrons. The first-order chi connectivity index (χ1) is 19.1. The molecule has 0 heterocycles. The summed E-state index contributed by atoms with van der Waals surface area (Å²) in [5.74, 6) is -13.7. The van der Waals surface area contributed by atoms with Crippen LogP contribution in [0.1, 0.15) is 79.1 Å². The van der Waals surface area contributed by atoms with E-state index in [0.717, 1.165) is 0 Å². The van der Waals surface area contributed by atoms with Gasteiger partial charge in [-0.2, -0.15) is 0 Å². The number of carboxylic acids is 8. The average Bonchev–Trinajstić information content (AvgIpc) is 2.85. The molecule has 0 saturated carbocycles. The minimum absolute atomic E-state index is 0. The second-order valence-electron chi connectivity index (χ2n) is 7.73. The Kier molecular flexibility index (Phi) is 36.4. The maximum Gasteiger partial charge on any atom is 0.178 e. The summed E-state index contributed by atoms with van der Waals surface area (Å²) < 4.78 is 0. The molecule has 0 bridgehead atoms. The number of hydrogen-bond donors (Lipinski definition) is 2. The van der Waals surface area contributed by atoms with Gasteiger partial charge in [-0.05, 0) is 38.5 Å². The average molecular weight is 641 g/mol. The van der Waals surface area contributed by atoms with Crippen molar-refractivity contribution in [3.63, 3.8) is 0 Å². The summed E-state index contributed by atoms with van der Waals surface area (Å²) in [5, 5.41) is 78.4. The van der Waals surface area contributed by atoms with Crippen molar-refractivity contribution >= 4 is 59.3 Å². The summed E-state index contributed by atoms with van der Waals surface area (Å²) in [6, 6.07) is -1.78. The maximum absolute atomic E-state index is 10.2. The van der Waals surface area contributed by atoms with Crippen LogP contribution in [-0.4, -0.2) is 71.4 Å². The monoisotopic (exact) mass is 640 g/mol. The van der Waals surface area contributed by atoms with Gasteiger partial charge < -0.3 is 90.7 Å². The minimum atomic E-state index is -1.86. The van der Waals surface area contributed by atoms with E-state index in [9.17, 15) is 88.8 Å². The molecule has 0 spiro atoms. The fourth-order valence-electron chi connectivity index (χ4n) is 1.83. The van der Waals surface area contributed by atoms with Gasteiger partial charge in [-0.3, -0.25) is 9.59 Å². The van der Waals surface area contributed by atoms with Crippen molar-refractivity contribution in [3.05, 3.63) is 0 Å². The molecule has 0 aliphatic heterocycles. The summed E-state index contributed by atoms with van der Waals surface area (Å²) >= 11 is 0. The Bertz CT molecular complexity index is 963. The molecule has 0 aromatic carbocycles. The second-order valence-corrected chi connectivity index (χ2v) is 7.73. The van der Waals surface area contributed by atoms with Crippen molar-refractivity contribution in [2.24, 2.45) is 0 Å². The lowest BCUT2D eigenvalue weighted by Crippen LogP contribution is -2.68.